The van der Waals surface area contributed by atoms with Crippen LogP contribution in [0.3, 0.4) is 0 Å². The Balaban J connectivity index is 2.59. The highest BCUT2D eigenvalue weighted by Gasteiger charge is 2.24. The number of carboxylic acids is 2. The van der Waals surface area contributed by atoms with Crippen LogP contribution in [0, 0.1) is 0 Å². The summed E-state index contributed by atoms with van der Waals surface area (Å²) in [7, 11) is 0. The van der Waals surface area contributed by atoms with E-state index in [-0.39, 0.29) is 19.3 Å². The molecule has 1 rings (SSSR count). The van der Waals surface area contributed by atoms with Crippen LogP contribution in [0.15, 0.2) is 30.3 Å². The third-order valence-electron chi connectivity index (χ3n) is 5.74. The van der Waals surface area contributed by atoms with Crippen LogP contribution < -0.4 is 43.4 Å². The van der Waals surface area contributed by atoms with Crippen LogP contribution in [0.5, 0.6) is 0 Å². The number of aliphatic carboxylic acids is 2. The molecule has 45 heavy (non-hydrogen) atoms. The first-order valence-electron chi connectivity index (χ1n) is 13.4. The van der Waals surface area contributed by atoms with Crippen LogP contribution in [0.1, 0.15) is 24.8 Å². The average molecular weight is 637 g/mol. The molecule has 7 amide bonds. The Bertz CT molecular complexity index is 1260. The molecule has 1 aromatic rings. The van der Waals surface area contributed by atoms with Crippen molar-refractivity contribution in [2.75, 3.05) is 26.2 Å². The van der Waals surface area contributed by atoms with Gasteiger partial charge >= 0.3 is 11.9 Å². The number of rotatable bonds is 20. The second kappa shape index (κ2) is 19.6. The topological polar surface area (TPSA) is 318 Å². The summed E-state index contributed by atoms with van der Waals surface area (Å²) >= 11 is 0. The Hall–Kier alpha value is -5.59. The number of carbonyl (C=O) groups excluding carboxylic acids is 7. The molecule has 1 aromatic carbocycles. The minimum absolute atomic E-state index is 0.0152. The van der Waals surface area contributed by atoms with E-state index in [4.69, 9.17) is 21.7 Å². The third kappa shape index (κ3) is 16.6. The van der Waals surface area contributed by atoms with Gasteiger partial charge in [-0.15, -0.1) is 0 Å². The van der Waals surface area contributed by atoms with E-state index in [9.17, 15) is 43.2 Å². The highest BCUT2D eigenvalue weighted by Crippen LogP contribution is 2.04. The first-order valence-corrected chi connectivity index (χ1v) is 13.4. The molecule has 0 aliphatic carbocycles. The summed E-state index contributed by atoms with van der Waals surface area (Å²) in [6.45, 7) is -2.37. The maximum Gasteiger partial charge on any atom is 0.305 e. The fourth-order valence-corrected chi connectivity index (χ4v) is 3.43. The average Bonchev–Trinajstić information content (AvgIpc) is 2.98. The predicted octanol–water partition coefficient (Wildman–Crippen LogP) is -5.18. The van der Waals surface area contributed by atoms with Gasteiger partial charge in [-0.25, -0.2) is 0 Å². The second-order valence-electron chi connectivity index (χ2n) is 9.46. The normalized spacial score (nSPS) is 12.3. The Labute approximate surface area is 256 Å². The summed E-state index contributed by atoms with van der Waals surface area (Å²) in [6.07, 6.45) is -1.25. The molecule has 0 heterocycles. The van der Waals surface area contributed by atoms with Crippen molar-refractivity contribution in [1.82, 2.24) is 31.9 Å². The molecule has 0 aliphatic heterocycles. The van der Waals surface area contributed by atoms with E-state index in [1.54, 1.807) is 30.3 Å². The highest BCUT2D eigenvalue weighted by molar-refractivity contribution is 5.94. The summed E-state index contributed by atoms with van der Waals surface area (Å²) in [5.41, 5.74) is 11.2. The van der Waals surface area contributed by atoms with Gasteiger partial charge in [-0.1, -0.05) is 30.3 Å². The van der Waals surface area contributed by atoms with Crippen molar-refractivity contribution in [3.8, 4) is 0 Å². The summed E-state index contributed by atoms with van der Waals surface area (Å²) in [4.78, 5) is 106. The molecule has 0 bridgehead atoms. The zero-order valence-corrected chi connectivity index (χ0v) is 24.0. The van der Waals surface area contributed by atoms with Gasteiger partial charge < -0.3 is 53.6 Å². The minimum Gasteiger partial charge on any atom is -0.481 e. The molecule has 19 nitrogen and oxygen atoms in total. The molecule has 19 heteroatoms. The molecule has 0 aliphatic rings. The molecule has 0 saturated heterocycles. The van der Waals surface area contributed by atoms with Gasteiger partial charge in [0.2, 0.25) is 41.4 Å². The third-order valence-corrected chi connectivity index (χ3v) is 5.74. The molecule has 0 fully saturated rings. The lowest BCUT2D eigenvalue weighted by molar-refractivity contribution is -0.140. The molecule has 0 aromatic heterocycles. The van der Waals surface area contributed by atoms with Crippen LogP contribution >= 0.6 is 0 Å². The number of primary amides is 1. The van der Waals surface area contributed by atoms with E-state index in [0.29, 0.717) is 5.56 Å². The van der Waals surface area contributed by atoms with Gasteiger partial charge in [0, 0.05) is 12.8 Å². The zero-order chi connectivity index (χ0) is 33.9. The monoisotopic (exact) mass is 636 g/mol. The molecule has 0 saturated carbocycles. The quantitative estimate of drug-likeness (QED) is 0.0642. The second-order valence-corrected chi connectivity index (χ2v) is 9.46. The van der Waals surface area contributed by atoms with Crippen molar-refractivity contribution in [3.05, 3.63) is 35.9 Å². The largest absolute Gasteiger partial charge is 0.481 e. The molecule has 12 N–H and O–H groups in total. The fraction of sp³-hybridized carbons (Fsp3) is 0.423. The van der Waals surface area contributed by atoms with Gasteiger partial charge in [-0.3, -0.25) is 43.2 Å². The Morgan fingerprint density at radius 3 is 1.67 bits per heavy atom. The minimum atomic E-state index is -1.51. The molecular formula is C26H36N8O11. The summed E-state index contributed by atoms with van der Waals surface area (Å²) < 4.78 is 0. The SMILES string of the molecule is NC(=O)[C@H](CC(=O)O)NC(=O)CNC(=O)[C@H](Cc1ccccc1)NC(=O)CNC(=O)CNC(=O)CNC(=O)C(N)CCC(=O)O. The first kappa shape index (κ1) is 37.4. The standard InChI is InChI=1S/C26H36N8O11/c27-15(6-7-22(39)40)25(44)31-11-19(36)29-10-18(35)30-12-20(37)34-17(8-14-4-2-1-3-5-14)26(45)32-13-21(38)33-16(24(28)43)9-23(41)42/h1-5,15-17H,6-13,27H2,(H2,28,43)(H,29,36)(H,30,35)(H,31,44)(H,32,45)(H,33,38)(H,34,37)(H,39,40)(H,41,42)/t15?,16-,17-/m0/s1. The van der Waals surface area contributed by atoms with E-state index < -0.39 is 104 Å². The maximum atomic E-state index is 12.8. The van der Waals surface area contributed by atoms with Crippen LogP contribution in [0.2, 0.25) is 0 Å². The Kier molecular flexibility index (Phi) is 16.3. The number of amides is 7. The molecule has 0 radical (unpaired) electrons. The number of benzene rings is 1. The number of hydrogen-bond acceptors (Lipinski definition) is 10. The van der Waals surface area contributed by atoms with Crippen molar-refractivity contribution in [1.29, 1.82) is 0 Å². The van der Waals surface area contributed by atoms with Crippen LogP contribution in [-0.4, -0.2) is 108 Å². The maximum absolute atomic E-state index is 12.8. The number of carbonyl (C=O) groups is 9. The molecule has 3 atom stereocenters. The number of hydrogen-bond donors (Lipinski definition) is 10. The predicted molar refractivity (Wildman–Crippen MR) is 152 cm³/mol. The smallest absolute Gasteiger partial charge is 0.305 e. The van der Waals surface area contributed by atoms with Crippen molar-refractivity contribution in [2.24, 2.45) is 11.5 Å². The van der Waals surface area contributed by atoms with Gasteiger partial charge in [-0.2, -0.15) is 0 Å². The van der Waals surface area contributed by atoms with Crippen molar-refractivity contribution < 1.29 is 53.4 Å². The van der Waals surface area contributed by atoms with Gasteiger partial charge in [0.15, 0.2) is 0 Å². The zero-order valence-electron chi connectivity index (χ0n) is 24.0. The van der Waals surface area contributed by atoms with Crippen molar-refractivity contribution in [2.45, 2.75) is 43.8 Å². The fourth-order valence-electron chi connectivity index (χ4n) is 3.43. The van der Waals surface area contributed by atoms with E-state index in [1.165, 1.54) is 0 Å². The van der Waals surface area contributed by atoms with Crippen molar-refractivity contribution >= 4 is 53.3 Å². The lowest BCUT2D eigenvalue weighted by atomic mass is 10.1. The van der Waals surface area contributed by atoms with E-state index >= 15 is 0 Å². The van der Waals surface area contributed by atoms with Gasteiger partial charge in [0.25, 0.3) is 0 Å². The first-order chi connectivity index (χ1) is 21.2. The molecule has 1 unspecified atom stereocenters. The van der Waals surface area contributed by atoms with Gasteiger partial charge in [0.05, 0.1) is 38.6 Å². The van der Waals surface area contributed by atoms with Crippen LogP contribution in [0.4, 0.5) is 0 Å². The number of carboxylic acid groups (broad SMARTS) is 2. The number of nitrogens with two attached hydrogens (primary N) is 2. The molecule has 0 spiro atoms. The Morgan fingerprint density at radius 1 is 0.644 bits per heavy atom. The number of nitrogens with one attached hydrogen (secondary N) is 6. The van der Waals surface area contributed by atoms with Crippen molar-refractivity contribution in [3.63, 3.8) is 0 Å². The van der Waals surface area contributed by atoms with E-state index in [0.717, 1.165) is 0 Å². The Morgan fingerprint density at radius 2 is 1.13 bits per heavy atom. The van der Waals surface area contributed by atoms with Crippen LogP contribution in [0.25, 0.3) is 0 Å². The van der Waals surface area contributed by atoms with E-state index in [1.807, 2.05) is 0 Å². The molecule has 246 valence electrons. The van der Waals surface area contributed by atoms with Gasteiger partial charge in [-0.05, 0) is 12.0 Å². The summed E-state index contributed by atoms with van der Waals surface area (Å²) in [6, 6.07) is 4.61. The highest BCUT2D eigenvalue weighted by atomic mass is 16.4. The molecular weight excluding hydrogens is 600 g/mol. The van der Waals surface area contributed by atoms with Gasteiger partial charge in [0.1, 0.15) is 12.1 Å². The van der Waals surface area contributed by atoms with Crippen LogP contribution in [-0.2, 0) is 49.6 Å². The summed E-state index contributed by atoms with van der Waals surface area (Å²) in [5.74, 6) is -8.42. The lowest BCUT2D eigenvalue weighted by Gasteiger charge is -2.19. The lowest BCUT2D eigenvalue weighted by Crippen LogP contribution is -2.53. The summed E-state index contributed by atoms with van der Waals surface area (Å²) in [5, 5.41) is 30.9. The van der Waals surface area contributed by atoms with E-state index in [2.05, 4.69) is 31.9 Å².